The molecule has 0 saturated carbocycles. The van der Waals surface area contributed by atoms with Crippen LogP contribution in [0.4, 0.5) is 5.69 Å². The molecular formula is C21H23NO5. The molecular weight excluding hydrogens is 346 g/mol. The van der Waals surface area contributed by atoms with E-state index in [-0.39, 0.29) is 18.1 Å². The average Bonchev–Trinajstić information content (AvgIpc) is 2.66. The Labute approximate surface area is 158 Å². The van der Waals surface area contributed by atoms with Gasteiger partial charge >= 0.3 is 5.97 Å². The first-order valence-electron chi connectivity index (χ1n) is 8.63. The normalized spacial score (nSPS) is 11.4. The third kappa shape index (κ3) is 6.26. The third-order valence-corrected chi connectivity index (χ3v) is 3.94. The van der Waals surface area contributed by atoms with Gasteiger partial charge in [-0.2, -0.15) is 0 Å². The molecule has 0 aromatic heterocycles. The van der Waals surface area contributed by atoms with Gasteiger partial charge in [0.15, 0.2) is 6.10 Å². The van der Waals surface area contributed by atoms with Crippen LogP contribution in [0.15, 0.2) is 48.5 Å². The lowest BCUT2D eigenvalue weighted by molar-refractivity contribution is -0.146. The molecule has 6 heteroatoms. The fourth-order valence-electron chi connectivity index (χ4n) is 2.50. The van der Waals surface area contributed by atoms with Gasteiger partial charge in [0, 0.05) is 24.6 Å². The fraction of sp³-hybridized carbons (Fsp3) is 0.286. The van der Waals surface area contributed by atoms with E-state index in [0.717, 1.165) is 11.3 Å². The minimum Gasteiger partial charge on any atom is -0.497 e. The van der Waals surface area contributed by atoms with Crippen molar-refractivity contribution in [3.8, 4) is 5.75 Å². The number of hydrogen-bond acceptors (Lipinski definition) is 5. The van der Waals surface area contributed by atoms with Gasteiger partial charge < -0.3 is 14.8 Å². The molecule has 0 saturated heterocycles. The maximum atomic E-state index is 12.4. The van der Waals surface area contributed by atoms with Crippen LogP contribution in [-0.4, -0.2) is 30.9 Å². The van der Waals surface area contributed by atoms with E-state index in [0.29, 0.717) is 17.7 Å². The van der Waals surface area contributed by atoms with E-state index in [1.165, 1.54) is 6.92 Å². The van der Waals surface area contributed by atoms with Crippen molar-refractivity contribution in [1.82, 2.24) is 0 Å². The van der Waals surface area contributed by atoms with E-state index in [2.05, 4.69) is 5.32 Å². The van der Waals surface area contributed by atoms with Crippen molar-refractivity contribution in [3.63, 3.8) is 0 Å². The second-order valence-electron chi connectivity index (χ2n) is 6.10. The van der Waals surface area contributed by atoms with E-state index < -0.39 is 12.1 Å². The fourth-order valence-corrected chi connectivity index (χ4v) is 2.50. The first-order valence-corrected chi connectivity index (χ1v) is 8.63. The van der Waals surface area contributed by atoms with Crippen molar-refractivity contribution in [1.29, 1.82) is 0 Å². The summed E-state index contributed by atoms with van der Waals surface area (Å²) >= 11 is 0. The van der Waals surface area contributed by atoms with E-state index in [1.807, 2.05) is 24.3 Å². The zero-order chi connectivity index (χ0) is 19.8. The standard InChI is InChI=1S/C21H23NO5/c1-14(21(25)17-7-9-18(10-8-17)22-15(2)23)27-20(24)13-6-16-4-11-19(26-3)12-5-16/h4-5,7-12,14H,6,13H2,1-3H3,(H,22,23). The quantitative estimate of drug-likeness (QED) is 0.570. The van der Waals surface area contributed by atoms with Crippen molar-refractivity contribution in [2.45, 2.75) is 32.8 Å². The summed E-state index contributed by atoms with van der Waals surface area (Å²) in [7, 11) is 1.60. The molecule has 1 amide bonds. The zero-order valence-corrected chi connectivity index (χ0v) is 15.7. The smallest absolute Gasteiger partial charge is 0.306 e. The molecule has 6 nitrogen and oxygen atoms in total. The Balaban J connectivity index is 1.85. The predicted molar refractivity (Wildman–Crippen MR) is 102 cm³/mol. The highest BCUT2D eigenvalue weighted by Crippen LogP contribution is 2.15. The topological polar surface area (TPSA) is 81.7 Å². The highest BCUT2D eigenvalue weighted by Gasteiger charge is 2.19. The van der Waals surface area contributed by atoms with Gasteiger partial charge in [0.2, 0.25) is 11.7 Å². The van der Waals surface area contributed by atoms with Gasteiger partial charge in [-0.15, -0.1) is 0 Å². The second kappa shape index (κ2) is 9.52. The molecule has 1 N–H and O–H groups in total. The molecule has 1 atom stereocenters. The van der Waals surface area contributed by atoms with Crippen molar-refractivity contribution in [3.05, 3.63) is 59.7 Å². The van der Waals surface area contributed by atoms with Crippen LogP contribution in [0.5, 0.6) is 5.75 Å². The van der Waals surface area contributed by atoms with Gasteiger partial charge in [-0.3, -0.25) is 14.4 Å². The minimum atomic E-state index is -0.875. The number of ketones is 1. The van der Waals surface area contributed by atoms with Gasteiger partial charge in [0.1, 0.15) is 5.75 Å². The number of hydrogen-bond donors (Lipinski definition) is 1. The number of amides is 1. The molecule has 2 rings (SSSR count). The summed E-state index contributed by atoms with van der Waals surface area (Å²) in [6.45, 7) is 2.96. The van der Waals surface area contributed by atoms with E-state index >= 15 is 0 Å². The molecule has 2 aromatic carbocycles. The molecule has 2 aromatic rings. The minimum absolute atomic E-state index is 0.186. The van der Waals surface area contributed by atoms with Crippen LogP contribution in [0, 0.1) is 0 Å². The first-order chi connectivity index (χ1) is 12.9. The van der Waals surface area contributed by atoms with E-state index in [9.17, 15) is 14.4 Å². The summed E-state index contributed by atoms with van der Waals surface area (Å²) in [5.74, 6) is -0.151. The lowest BCUT2D eigenvalue weighted by Gasteiger charge is -2.13. The van der Waals surface area contributed by atoms with Crippen molar-refractivity contribution in [2.75, 3.05) is 12.4 Å². The van der Waals surface area contributed by atoms with E-state index in [1.54, 1.807) is 38.3 Å². The number of anilines is 1. The van der Waals surface area contributed by atoms with Crippen LogP contribution in [0.2, 0.25) is 0 Å². The molecule has 0 aliphatic carbocycles. The third-order valence-electron chi connectivity index (χ3n) is 3.94. The van der Waals surface area contributed by atoms with Crippen molar-refractivity contribution >= 4 is 23.3 Å². The highest BCUT2D eigenvalue weighted by molar-refractivity contribution is 6.00. The number of nitrogens with one attached hydrogen (secondary N) is 1. The summed E-state index contributed by atoms with van der Waals surface area (Å²) in [5.41, 5.74) is 2.00. The lowest BCUT2D eigenvalue weighted by Crippen LogP contribution is -2.24. The number of ether oxygens (including phenoxy) is 2. The maximum Gasteiger partial charge on any atom is 0.306 e. The van der Waals surface area contributed by atoms with Gasteiger partial charge in [-0.25, -0.2) is 0 Å². The summed E-state index contributed by atoms with van der Waals surface area (Å²) in [4.78, 5) is 35.4. The summed E-state index contributed by atoms with van der Waals surface area (Å²) in [6.07, 6.45) is -0.166. The molecule has 1 unspecified atom stereocenters. The predicted octanol–water partition coefficient (Wildman–Crippen LogP) is 3.40. The van der Waals surface area contributed by atoms with Crippen molar-refractivity contribution in [2.24, 2.45) is 0 Å². The number of methoxy groups -OCH3 is 1. The van der Waals surface area contributed by atoms with Gasteiger partial charge in [-0.05, 0) is 55.3 Å². The number of carbonyl (C=O) groups is 3. The molecule has 142 valence electrons. The average molecular weight is 369 g/mol. The molecule has 0 aliphatic rings. The molecule has 0 radical (unpaired) electrons. The molecule has 0 bridgehead atoms. The first kappa shape index (κ1) is 20.2. The molecule has 27 heavy (non-hydrogen) atoms. The summed E-state index contributed by atoms with van der Waals surface area (Å²) < 4.78 is 10.3. The summed E-state index contributed by atoms with van der Waals surface area (Å²) in [5, 5.41) is 2.63. The van der Waals surface area contributed by atoms with Gasteiger partial charge in [0.05, 0.1) is 7.11 Å². The monoisotopic (exact) mass is 369 g/mol. The number of rotatable bonds is 8. The van der Waals surface area contributed by atoms with E-state index in [4.69, 9.17) is 9.47 Å². The van der Waals surface area contributed by atoms with Crippen LogP contribution in [0.25, 0.3) is 0 Å². The number of esters is 1. The Bertz CT molecular complexity index is 796. The van der Waals surface area contributed by atoms with Crippen molar-refractivity contribution < 1.29 is 23.9 Å². The molecule has 0 spiro atoms. The largest absolute Gasteiger partial charge is 0.497 e. The Morgan fingerprint density at radius 3 is 2.19 bits per heavy atom. The number of Topliss-reactive ketones (excluding diaryl/α,β-unsaturated/α-hetero) is 1. The maximum absolute atomic E-state index is 12.4. The Hall–Kier alpha value is -3.15. The van der Waals surface area contributed by atoms with Gasteiger partial charge in [-0.1, -0.05) is 12.1 Å². The van der Waals surface area contributed by atoms with Crippen LogP contribution in [0.3, 0.4) is 0 Å². The summed E-state index contributed by atoms with van der Waals surface area (Å²) in [6, 6.07) is 13.9. The highest BCUT2D eigenvalue weighted by atomic mass is 16.5. The van der Waals surface area contributed by atoms with Gasteiger partial charge in [0.25, 0.3) is 0 Å². The Kier molecular flexibility index (Phi) is 7.11. The number of aryl methyl sites for hydroxylation is 1. The van der Waals surface area contributed by atoms with Crippen LogP contribution in [0.1, 0.15) is 36.2 Å². The molecule has 0 fully saturated rings. The number of carbonyl (C=O) groups excluding carboxylic acids is 3. The molecule has 0 heterocycles. The second-order valence-corrected chi connectivity index (χ2v) is 6.10. The SMILES string of the molecule is COc1ccc(CCC(=O)OC(C)C(=O)c2ccc(NC(C)=O)cc2)cc1. The molecule has 0 aliphatic heterocycles. The Morgan fingerprint density at radius 2 is 1.63 bits per heavy atom. The zero-order valence-electron chi connectivity index (χ0n) is 15.7. The van der Waals surface area contributed by atoms with Crippen LogP contribution >= 0.6 is 0 Å². The lowest BCUT2D eigenvalue weighted by atomic mass is 10.1. The van der Waals surface area contributed by atoms with Crippen LogP contribution < -0.4 is 10.1 Å². The Morgan fingerprint density at radius 1 is 1.00 bits per heavy atom. The number of benzene rings is 2. The van der Waals surface area contributed by atoms with Crippen LogP contribution in [-0.2, 0) is 20.7 Å².